The van der Waals surface area contributed by atoms with Crippen LogP contribution in [-0.4, -0.2) is 4.98 Å². The fourth-order valence-corrected chi connectivity index (χ4v) is 2.32. The fourth-order valence-electron chi connectivity index (χ4n) is 2.11. The van der Waals surface area contributed by atoms with Gasteiger partial charge < -0.3 is 5.32 Å². The number of anilines is 1. The average molecular weight is 269 g/mol. The molecule has 1 N–H and O–H groups in total. The van der Waals surface area contributed by atoms with Gasteiger partial charge in [0, 0.05) is 24.3 Å². The van der Waals surface area contributed by atoms with Crippen LogP contribution in [0.4, 0.5) is 5.69 Å². The third kappa shape index (κ3) is 2.54. The van der Waals surface area contributed by atoms with E-state index in [9.17, 15) is 0 Å². The second-order valence-corrected chi connectivity index (χ2v) is 4.76. The van der Waals surface area contributed by atoms with Gasteiger partial charge in [0.2, 0.25) is 0 Å². The van der Waals surface area contributed by atoms with E-state index in [4.69, 9.17) is 11.6 Å². The summed E-state index contributed by atoms with van der Waals surface area (Å²) in [5.41, 5.74) is 2.11. The lowest BCUT2D eigenvalue weighted by Crippen LogP contribution is -2.01. The molecule has 0 fully saturated rings. The molecule has 0 spiro atoms. The number of hydrogen-bond donors (Lipinski definition) is 1. The molecule has 0 bridgehead atoms. The molecule has 0 saturated heterocycles. The van der Waals surface area contributed by atoms with Crippen molar-refractivity contribution in [2.75, 3.05) is 5.32 Å². The zero-order chi connectivity index (χ0) is 13.1. The van der Waals surface area contributed by atoms with Crippen LogP contribution in [0.15, 0.2) is 60.9 Å². The summed E-state index contributed by atoms with van der Waals surface area (Å²) >= 11 is 6.13. The number of aromatic nitrogens is 1. The summed E-state index contributed by atoms with van der Waals surface area (Å²) in [6, 6.07) is 16.0. The molecule has 1 aromatic heterocycles. The van der Waals surface area contributed by atoms with Gasteiger partial charge >= 0.3 is 0 Å². The standard InChI is InChI=1S/C16H13ClN2/c17-15-7-3-4-8-16(15)19-11-13-10-18-9-12-5-1-2-6-14(12)13/h1-10,19H,11H2. The molecule has 0 unspecified atom stereocenters. The first-order valence-corrected chi connectivity index (χ1v) is 6.52. The van der Waals surface area contributed by atoms with E-state index >= 15 is 0 Å². The van der Waals surface area contributed by atoms with Gasteiger partial charge in [0.15, 0.2) is 0 Å². The van der Waals surface area contributed by atoms with E-state index < -0.39 is 0 Å². The van der Waals surface area contributed by atoms with Crippen molar-refractivity contribution >= 4 is 28.1 Å². The highest BCUT2D eigenvalue weighted by molar-refractivity contribution is 6.33. The van der Waals surface area contributed by atoms with Crippen LogP contribution in [0.2, 0.25) is 5.02 Å². The largest absolute Gasteiger partial charge is 0.380 e. The van der Waals surface area contributed by atoms with Crippen LogP contribution < -0.4 is 5.32 Å². The minimum atomic E-state index is 0.706. The molecule has 0 radical (unpaired) electrons. The summed E-state index contributed by atoms with van der Waals surface area (Å²) in [5, 5.41) is 6.45. The van der Waals surface area contributed by atoms with Crippen LogP contribution in [0.25, 0.3) is 10.8 Å². The SMILES string of the molecule is Clc1ccccc1NCc1cncc2ccccc12. The van der Waals surface area contributed by atoms with Gasteiger partial charge in [-0.25, -0.2) is 0 Å². The summed E-state index contributed by atoms with van der Waals surface area (Å²) in [5.74, 6) is 0. The number of nitrogens with zero attached hydrogens (tertiary/aromatic N) is 1. The van der Waals surface area contributed by atoms with E-state index in [1.54, 1.807) is 0 Å². The van der Waals surface area contributed by atoms with Crippen molar-refractivity contribution in [3.63, 3.8) is 0 Å². The third-order valence-corrected chi connectivity index (χ3v) is 3.42. The summed E-state index contributed by atoms with van der Waals surface area (Å²) in [4.78, 5) is 4.27. The fraction of sp³-hybridized carbons (Fsp3) is 0.0625. The Morgan fingerprint density at radius 2 is 1.74 bits per heavy atom. The van der Waals surface area contributed by atoms with E-state index in [2.05, 4.69) is 22.4 Å². The first-order valence-electron chi connectivity index (χ1n) is 6.14. The molecule has 0 aliphatic rings. The van der Waals surface area contributed by atoms with Gasteiger partial charge in [-0.2, -0.15) is 0 Å². The highest BCUT2D eigenvalue weighted by atomic mass is 35.5. The molecular weight excluding hydrogens is 256 g/mol. The van der Waals surface area contributed by atoms with Crippen molar-refractivity contribution < 1.29 is 0 Å². The Labute approximate surface area is 117 Å². The van der Waals surface area contributed by atoms with E-state index in [0.29, 0.717) is 6.54 Å². The molecule has 0 atom stereocenters. The number of fused-ring (bicyclic) bond motifs is 1. The molecular formula is C16H13ClN2. The summed E-state index contributed by atoms with van der Waals surface area (Å²) in [6.07, 6.45) is 3.78. The smallest absolute Gasteiger partial charge is 0.0637 e. The molecule has 2 nitrogen and oxygen atoms in total. The summed E-state index contributed by atoms with van der Waals surface area (Å²) in [6.45, 7) is 0.706. The van der Waals surface area contributed by atoms with Crippen LogP contribution in [-0.2, 0) is 6.54 Å². The number of para-hydroxylation sites is 1. The first kappa shape index (κ1) is 12.0. The van der Waals surface area contributed by atoms with Crippen molar-refractivity contribution in [3.8, 4) is 0 Å². The number of benzene rings is 2. The van der Waals surface area contributed by atoms with Crippen LogP contribution in [0.5, 0.6) is 0 Å². The summed E-state index contributed by atoms with van der Waals surface area (Å²) < 4.78 is 0. The number of halogens is 1. The van der Waals surface area contributed by atoms with Gasteiger partial charge in [-0.3, -0.25) is 4.98 Å². The van der Waals surface area contributed by atoms with Gasteiger partial charge in [-0.1, -0.05) is 48.0 Å². The van der Waals surface area contributed by atoms with Crippen LogP contribution in [0, 0.1) is 0 Å². The van der Waals surface area contributed by atoms with Crippen molar-refractivity contribution in [2.45, 2.75) is 6.54 Å². The van der Waals surface area contributed by atoms with Crippen molar-refractivity contribution in [2.24, 2.45) is 0 Å². The van der Waals surface area contributed by atoms with Crippen LogP contribution >= 0.6 is 11.6 Å². The molecule has 3 rings (SSSR count). The monoisotopic (exact) mass is 268 g/mol. The second kappa shape index (κ2) is 5.29. The maximum absolute atomic E-state index is 6.13. The lowest BCUT2D eigenvalue weighted by molar-refractivity contribution is 1.14. The number of hydrogen-bond acceptors (Lipinski definition) is 2. The van der Waals surface area contributed by atoms with Crippen LogP contribution in [0.3, 0.4) is 0 Å². The zero-order valence-corrected chi connectivity index (χ0v) is 11.1. The molecule has 3 heteroatoms. The van der Waals surface area contributed by atoms with Gasteiger partial charge in [0.05, 0.1) is 10.7 Å². The topological polar surface area (TPSA) is 24.9 Å². The number of rotatable bonds is 3. The highest BCUT2D eigenvalue weighted by Gasteiger charge is 2.02. The maximum atomic E-state index is 6.13. The highest BCUT2D eigenvalue weighted by Crippen LogP contribution is 2.23. The number of pyridine rings is 1. The van der Waals surface area contributed by atoms with Gasteiger partial charge in [-0.05, 0) is 23.1 Å². The lowest BCUT2D eigenvalue weighted by Gasteiger charge is -2.10. The third-order valence-electron chi connectivity index (χ3n) is 3.09. The second-order valence-electron chi connectivity index (χ2n) is 4.35. The normalized spacial score (nSPS) is 10.6. The minimum absolute atomic E-state index is 0.706. The molecule has 0 saturated carbocycles. The van der Waals surface area contributed by atoms with E-state index in [-0.39, 0.29) is 0 Å². The van der Waals surface area contributed by atoms with Crippen molar-refractivity contribution in [1.82, 2.24) is 4.98 Å². The lowest BCUT2D eigenvalue weighted by atomic mass is 10.1. The van der Waals surface area contributed by atoms with Gasteiger partial charge in [0.25, 0.3) is 0 Å². The molecule has 94 valence electrons. The Bertz CT molecular complexity index is 704. The molecule has 0 aliphatic heterocycles. The minimum Gasteiger partial charge on any atom is -0.380 e. The predicted octanol–water partition coefficient (Wildman–Crippen LogP) is 4.50. The summed E-state index contributed by atoms with van der Waals surface area (Å²) in [7, 11) is 0. The van der Waals surface area contributed by atoms with Gasteiger partial charge in [-0.15, -0.1) is 0 Å². The maximum Gasteiger partial charge on any atom is 0.0637 e. The molecule has 3 aromatic rings. The predicted molar refractivity (Wildman–Crippen MR) is 80.5 cm³/mol. The van der Waals surface area contributed by atoms with E-state index in [1.807, 2.05) is 48.8 Å². The molecule has 19 heavy (non-hydrogen) atoms. The number of nitrogens with one attached hydrogen (secondary N) is 1. The van der Waals surface area contributed by atoms with E-state index in [0.717, 1.165) is 21.7 Å². The molecule has 0 amide bonds. The van der Waals surface area contributed by atoms with Crippen LogP contribution in [0.1, 0.15) is 5.56 Å². The Morgan fingerprint density at radius 3 is 2.63 bits per heavy atom. The van der Waals surface area contributed by atoms with Gasteiger partial charge in [0.1, 0.15) is 0 Å². The quantitative estimate of drug-likeness (QED) is 0.756. The Balaban J connectivity index is 1.88. The Hall–Kier alpha value is -2.06. The van der Waals surface area contributed by atoms with Crippen molar-refractivity contribution in [3.05, 3.63) is 71.5 Å². The van der Waals surface area contributed by atoms with Crippen molar-refractivity contribution in [1.29, 1.82) is 0 Å². The zero-order valence-electron chi connectivity index (χ0n) is 10.3. The Kier molecular flexibility index (Phi) is 3.34. The molecule has 1 heterocycles. The molecule has 2 aromatic carbocycles. The van der Waals surface area contributed by atoms with E-state index in [1.165, 1.54) is 5.39 Å². The molecule has 0 aliphatic carbocycles. The first-order chi connectivity index (χ1) is 9.34. The Morgan fingerprint density at radius 1 is 0.947 bits per heavy atom. The average Bonchev–Trinajstić information content (AvgIpc) is 2.46.